The molecule has 2 aliphatic rings. The van der Waals surface area contributed by atoms with Crippen LogP contribution >= 0.6 is 0 Å². The highest BCUT2D eigenvalue weighted by atomic mass is 16.3. The van der Waals surface area contributed by atoms with Gasteiger partial charge in [0.1, 0.15) is 6.04 Å². The van der Waals surface area contributed by atoms with E-state index < -0.39 is 6.10 Å². The third-order valence-electron chi connectivity index (χ3n) is 3.58. The minimum atomic E-state index is -0.463. The van der Waals surface area contributed by atoms with Gasteiger partial charge in [-0.3, -0.25) is 9.59 Å². The summed E-state index contributed by atoms with van der Waals surface area (Å²) in [6.45, 7) is 2.34. The molecule has 2 fully saturated rings. The van der Waals surface area contributed by atoms with Gasteiger partial charge in [0, 0.05) is 19.0 Å². The normalized spacial score (nSPS) is 25.0. The highest BCUT2D eigenvalue weighted by molar-refractivity contribution is 5.88. The van der Waals surface area contributed by atoms with Crippen LogP contribution in [0.4, 0.5) is 0 Å². The fourth-order valence-corrected chi connectivity index (χ4v) is 2.34. The van der Waals surface area contributed by atoms with E-state index in [1.807, 2.05) is 0 Å². The minimum Gasteiger partial charge on any atom is -0.393 e. The van der Waals surface area contributed by atoms with Gasteiger partial charge in [0.15, 0.2) is 0 Å². The lowest BCUT2D eigenvalue weighted by Crippen LogP contribution is -2.46. The van der Waals surface area contributed by atoms with Crippen molar-refractivity contribution in [2.45, 2.75) is 63.6 Å². The molecule has 1 aliphatic heterocycles. The Labute approximate surface area is 108 Å². The van der Waals surface area contributed by atoms with Gasteiger partial charge in [-0.25, -0.2) is 0 Å². The van der Waals surface area contributed by atoms with Crippen molar-refractivity contribution in [3.05, 3.63) is 0 Å². The van der Waals surface area contributed by atoms with E-state index in [0.29, 0.717) is 25.4 Å². The summed E-state index contributed by atoms with van der Waals surface area (Å²) >= 11 is 0. The van der Waals surface area contributed by atoms with Crippen molar-refractivity contribution in [2.24, 2.45) is 0 Å². The highest BCUT2D eigenvalue weighted by Gasteiger charge is 2.36. The van der Waals surface area contributed by atoms with Gasteiger partial charge in [0.25, 0.3) is 0 Å². The Morgan fingerprint density at radius 1 is 1.39 bits per heavy atom. The summed E-state index contributed by atoms with van der Waals surface area (Å²) in [5.41, 5.74) is 0. The van der Waals surface area contributed by atoms with E-state index in [9.17, 15) is 14.7 Å². The lowest BCUT2D eigenvalue weighted by Gasteiger charge is -2.24. The molecule has 2 amide bonds. The van der Waals surface area contributed by atoms with Crippen molar-refractivity contribution in [1.82, 2.24) is 10.2 Å². The predicted molar refractivity (Wildman–Crippen MR) is 66.8 cm³/mol. The highest BCUT2D eigenvalue weighted by Crippen LogP contribution is 2.23. The smallest absolute Gasteiger partial charge is 0.243 e. The third kappa shape index (κ3) is 3.45. The number of rotatable bonds is 5. The van der Waals surface area contributed by atoms with Crippen LogP contribution in [0.15, 0.2) is 0 Å². The summed E-state index contributed by atoms with van der Waals surface area (Å²) in [6.07, 6.45) is 4.11. The summed E-state index contributed by atoms with van der Waals surface area (Å²) < 4.78 is 0. The second kappa shape index (κ2) is 5.69. The molecule has 1 aliphatic carbocycles. The first kappa shape index (κ1) is 13.3. The van der Waals surface area contributed by atoms with Crippen LogP contribution in [-0.4, -0.2) is 46.6 Å². The van der Waals surface area contributed by atoms with Gasteiger partial charge in [-0.1, -0.05) is 0 Å². The zero-order valence-corrected chi connectivity index (χ0v) is 10.9. The van der Waals surface area contributed by atoms with Gasteiger partial charge in [-0.2, -0.15) is 0 Å². The summed E-state index contributed by atoms with van der Waals surface area (Å²) in [5, 5.41) is 12.2. The van der Waals surface area contributed by atoms with E-state index >= 15 is 0 Å². The Bertz CT molecular complexity index is 326. The molecule has 102 valence electrons. The molecule has 1 heterocycles. The molecule has 2 unspecified atom stereocenters. The number of carbonyl (C=O) groups excluding carboxylic acids is 2. The van der Waals surface area contributed by atoms with E-state index in [1.165, 1.54) is 0 Å². The Hall–Kier alpha value is -1.10. The van der Waals surface area contributed by atoms with E-state index in [4.69, 9.17) is 0 Å². The minimum absolute atomic E-state index is 0.000368. The van der Waals surface area contributed by atoms with Crippen LogP contribution in [0.5, 0.6) is 0 Å². The molecule has 5 nitrogen and oxygen atoms in total. The van der Waals surface area contributed by atoms with Crippen LogP contribution in [0.1, 0.15) is 45.4 Å². The average Bonchev–Trinajstić information content (AvgIpc) is 2.98. The standard InChI is InChI=1S/C13H22N2O3/c1-9(16)4-7-12(17)15-8-2-3-11(15)13(18)14-10-5-6-10/h9-11,16H,2-8H2,1H3,(H,14,18). The first-order valence-electron chi connectivity index (χ1n) is 6.86. The molecule has 2 atom stereocenters. The van der Waals surface area contributed by atoms with Gasteiger partial charge in [-0.05, 0) is 39.0 Å². The lowest BCUT2D eigenvalue weighted by molar-refractivity contribution is -0.138. The largest absolute Gasteiger partial charge is 0.393 e. The first-order valence-corrected chi connectivity index (χ1v) is 6.86. The van der Waals surface area contributed by atoms with Crippen molar-refractivity contribution >= 4 is 11.8 Å². The fourth-order valence-electron chi connectivity index (χ4n) is 2.34. The molecule has 0 aromatic rings. The van der Waals surface area contributed by atoms with Gasteiger partial charge in [0.05, 0.1) is 6.10 Å². The molecule has 0 aromatic carbocycles. The monoisotopic (exact) mass is 254 g/mol. The molecule has 5 heteroatoms. The number of hydrogen-bond acceptors (Lipinski definition) is 3. The van der Waals surface area contributed by atoms with Gasteiger partial charge in [0.2, 0.25) is 11.8 Å². The molecule has 18 heavy (non-hydrogen) atoms. The fraction of sp³-hybridized carbons (Fsp3) is 0.846. The number of aliphatic hydroxyl groups is 1. The molecule has 0 radical (unpaired) electrons. The van der Waals surface area contributed by atoms with Crippen LogP contribution in [0.2, 0.25) is 0 Å². The zero-order valence-electron chi connectivity index (χ0n) is 10.9. The molecule has 0 spiro atoms. The topological polar surface area (TPSA) is 69.6 Å². The average molecular weight is 254 g/mol. The Kier molecular flexibility index (Phi) is 4.22. The number of nitrogens with one attached hydrogen (secondary N) is 1. The van der Waals surface area contributed by atoms with Gasteiger partial charge >= 0.3 is 0 Å². The van der Waals surface area contributed by atoms with Crippen molar-refractivity contribution in [3.8, 4) is 0 Å². The molecule has 1 saturated carbocycles. The maximum absolute atomic E-state index is 12.0. The maximum atomic E-state index is 12.0. The van der Waals surface area contributed by atoms with E-state index in [0.717, 1.165) is 25.7 Å². The summed E-state index contributed by atoms with van der Waals surface area (Å²) in [6, 6.07) is 0.0552. The van der Waals surface area contributed by atoms with Crippen LogP contribution in [0.3, 0.4) is 0 Å². The first-order chi connectivity index (χ1) is 8.58. The van der Waals surface area contributed by atoms with Crippen molar-refractivity contribution < 1.29 is 14.7 Å². The molecule has 2 rings (SSSR count). The summed E-state index contributed by atoms with van der Waals surface area (Å²) in [4.78, 5) is 25.7. The van der Waals surface area contributed by atoms with Crippen molar-refractivity contribution in [3.63, 3.8) is 0 Å². The quantitative estimate of drug-likeness (QED) is 0.747. The van der Waals surface area contributed by atoms with E-state index in [2.05, 4.69) is 5.32 Å². The number of amides is 2. The van der Waals surface area contributed by atoms with Crippen LogP contribution < -0.4 is 5.32 Å². The number of aliphatic hydroxyl groups excluding tert-OH is 1. The van der Waals surface area contributed by atoms with Crippen molar-refractivity contribution in [2.75, 3.05) is 6.54 Å². The van der Waals surface area contributed by atoms with Gasteiger partial charge < -0.3 is 15.3 Å². The Balaban J connectivity index is 1.85. The van der Waals surface area contributed by atoms with E-state index in [1.54, 1.807) is 11.8 Å². The Morgan fingerprint density at radius 3 is 2.72 bits per heavy atom. The molecule has 0 aromatic heterocycles. The number of carbonyl (C=O) groups is 2. The molecule has 1 saturated heterocycles. The number of hydrogen-bond donors (Lipinski definition) is 2. The second-order valence-electron chi connectivity index (χ2n) is 5.42. The number of nitrogens with zero attached hydrogens (tertiary/aromatic N) is 1. The predicted octanol–water partition coefficient (Wildman–Crippen LogP) is 0.417. The molecular formula is C13H22N2O3. The second-order valence-corrected chi connectivity index (χ2v) is 5.42. The zero-order chi connectivity index (χ0) is 13.1. The maximum Gasteiger partial charge on any atom is 0.243 e. The third-order valence-corrected chi connectivity index (χ3v) is 3.58. The summed E-state index contributed by atoms with van der Waals surface area (Å²) in [7, 11) is 0. The van der Waals surface area contributed by atoms with Crippen LogP contribution in [-0.2, 0) is 9.59 Å². The molecular weight excluding hydrogens is 232 g/mol. The lowest BCUT2D eigenvalue weighted by atomic mass is 10.1. The van der Waals surface area contributed by atoms with Crippen molar-refractivity contribution in [1.29, 1.82) is 0 Å². The number of likely N-dealkylation sites (tertiary alicyclic amines) is 1. The van der Waals surface area contributed by atoms with E-state index in [-0.39, 0.29) is 17.9 Å². The molecule has 2 N–H and O–H groups in total. The SMILES string of the molecule is CC(O)CCC(=O)N1CCCC1C(=O)NC1CC1. The summed E-state index contributed by atoms with van der Waals surface area (Å²) in [5.74, 6) is -0.00950. The Morgan fingerprint density at radius 2 is 2.11 bits per heavy atom. The van der Waals surface area contributed by atoms with Crippen LogP contribution in [0, 0.1) is 0 Å². The van der Waals surface area contributed by atoms with Gasteiger partial charge in [-0.15, -0.1) is 0 Å². The molecule has 0 bridgehead atoms. The van der Waals surface area contributed by atoms with Crippen LogP contribution in [0.25, 0.3) is 0 Å².